The Hall–Kier alpha value is -0.0400. The van der Waals surface area contributed by atoms with E-state index in [0.29, 0.717) is 10.8 Å². The first-order valence-corrected chi connectivity index (χ1v) is 9.10. The fraction of sp³-hybridized carbons (Fsp3) is 1.00. The highest BCUT2D eigenvalue weighted by Gasteiger charge is 2.41. The van der Waals surface area contributed by atoms with Gasteiger partial charge in [0.25, 0.3) is 0 Å². The van der Waals surface area contributed by atoms with Crippen molar-refractivity contribution in [3.8, 4) is 0 Å². The van der Waals surface area contributed by atoms with E-state index in [1.165, 1.54) is 64.5 Å². The van der Waals surface area contributed by atoms with Crippen molar-refractivity contribution < 1.29 is 0 Å². The third kappa shape index (κ3) is 3.78. The Bertz CT molecular complexity index is 293. The van der Waals surface area contributed by atoms with Crippen molar-refractivity contribution in [1.82, 2.24) is 4.90 Å². The average Bonchev–Trinajstić information content (AvgIpc) is 2.38. The number of nitrogens with zero attached hydrogens (tertiary/aromatic N) is 1. The van der Waals surface area contributed by atoms with E-state index in [4.69, 9.17) is 0 Å². The van der Waals surface area contributed by atoms with Crippen LogP contribution in [0, 0.1) is 16.7 Å². The Labute approximate surface area is 127 Å². The van der Waals surface area contributed by atoms with Crippen LogP contribution in [0.4, 0.5) is 0 Å². The first-order chi connectivity index (χ1) is 9.36. The van der Waals surface area contributed by atoms with E-state index in [1.54, 1.807) is 0 Å². The van der Waals surface area contributed by atoms with E-state index in [2.05, 4.69) is 39.5 Å². The second-order valence-corrected chi connectivity index (χ2v) is 8.85. The zero-order valence-corrected chi connectivity index (χ0v) is 14.7. The summed E-state index contributed by atoms with van der Waals surface area (Å²) in [6.45, 7) is 14.8. The molecule has 1 spiro atoms. The molecule has 1 heteroatoms. The second kappa shape index (κ2) is 6.38. The monoisotopic (exact) mass is 279 g/mol. The molecule has 1 nitrogen and oxygen atoms in total. The van der Waals surface area contributed by atoms with Gasteiger partial charge in [-0.2, -0.15) is 0 Å². The zero-order chi connectivity index (χ0) is 14.8. The van der Waals surface area contributed by atoms with Gasteiger partial charge in [0.1, 0.15) is 0 Å². The van der Waals surface area contributed by atoms with E-state index in [1.807, 2.05) is 0 Å². The lowest BCUT2D eigenvalue weighted by Gasteiger charge is -2.50. The fourth-order valence-electron chi connectivity index (χ4n) is 4.73. The molecule has 0 bridgehead atoms. The topological polar surface area (TPSA) is 3.24 Å². The van der Waals surface area contributed by atoms with Gasteiger partial charge in [-0.05, 0) is 75.2 Å². The van der Waals surface area contributed by atoms with Gasteiger partial charge in [0, 0.05) is 12.6 Å². The second-order valence-electron chi connectivity index (χ2n) is 8.85. The SMILES string of the molecule is CCCC(C)N1CCCC2(CCC(C(C)(C)C)CC2)C1. The van der Waals surface area contributed by atoms with E-state index in [9.17, 15) is 0 Å². The Morgan fingerprint density at radius 1 is 1.15 bits per heavy atom. The molecule has 1 saturated carbocycles. The fourth-order valence-corrected chi connectivity index (χ4v) is 4.73. The van der Waals surface area contributed by atoms with Crippen molar-refractivity contribution >= 4 is 0 Å². The maximum Gasteiger partial charge on any atom is 0.00670 e. The molecule has 0 N–H and O–H groups in total. The summed E-state index contributed by atoms with van der Waals surface area (Å²) in [5.41, 5.74) is 1.20. The van der Waals surface area contributed by atoms with Gasteiger partial charge >= 0.3 is 0 Å². The third-order valence-corrected chi connectivity index (χ3v) is 6.29. The predicted octanol–water partition coefficient (Wildman–Crippen LogP) is 5.49. The predicted molar refractivity (Wildman–Crippen MR) is 89.0 cm³/mol. The summed E-state index contributed by atoms with van der Waals surface area (Å²) in [5.74, 6) is 0.955. The summed E-state index contributed by atoms with van der Waals surface area (Å²) in [6, 6.07) is 0.803. The minimum absolute atomic E-state index is 0.519. The Balaban J connectivity index is 1.92. The van der Waals surface area contributed by atoms with Crippen molar-refractivity contribution in [1.29, 1.82) is 0 Å². The standard InChI is InChI=1S/C19H37N/c1-6-8-16(2)20-14-7-11-19(15-20)12-9-17(10-13-19)18(3,4)5/h16-17H,6-15H2,1-5H3. The molecular formula is C19H37N. The molecule has 0 radical (unpaired) electrons. The van der Waals surface area contributed by atoms with Crippen molar-refractivity contribution in [2.45, 2.75) is 92.0 Å². The van der Waals surface area contributed by atoms with E-state index < -0.39 is 0 Å². The smallest absolute Gasteiger partial charge is 0.00670 e. The lowest BCUT2D eigenvalue weighted by molar-refractivity contribution is 0.00304. The molecule has 0 amide bonds. The molecule has 0 aromatic heterocycles. The maximum absolute atomic E-state index is 2.81. The highest BCUT2D eigenvalue weighted by molar-refractivity contribution is 4.94. The molecule has 1 unspecified atom stereocenters. The van der Waals surface area contributed by atoms with Crippen molar-refractivity contribution in [2.24, 2.45) is 16.7 Å². The number of rotatable bonds is 3. The summed E-state index contributed by atoms with van der Waals surface area (Å²) in [4.78, 5) is 2.81. The maximum atomic E-state index is 2.81. The van der Waals surface area contributed by atoms with Crippen molar-refractivity contribution in [2.75, 3.05) is 13.1 Å². The molecule has 2 fully saturated rings. The molecule has 0 aromatic carbocycles. The van der Waals surface area contributed by atoms with Crippen LogP contribution in [0.15, 0.2) is 0 Å². The molecular weight excluding hydrogens is 242 g/mol. The molecule has 0 aromatic rings. The van der Waals surface area contributed by atoms with Gasteiger partial charge in [0.05, 0.1) is 0 Å². The Kier molecular flexibility index (Phi) is 5.21. The Morgan fingerprint density at radius 2 is 1.80 bits per heavy atom. The number of hydrogen-bond donors (Lipinski definition) is 0. The van der Waals surface area contributed by atoms with E-state index in [0.717, 1.165) is 12.0 Å². The van der Waals surface area contributed by atoms with E-state index >= 15 is 0 Å². The molecule has 1 aliphatic heterocycles. The highest BCUT2D eigenvalue weighted by atomic mass is 15.2. The van der Waals surface area contributed by atoms with Crippen molar-refractivity contribution in [3.05, 3.63) is 0 Å². The first kappa shape index (κ1) is 16.3. The minimum Gasteiger partial charge on any atom is -0.300 e. The summed E-state index contributed by atoms with van der Waals surface area (Å²) in [7, 11) is 0. The largest absolute Gasteiger partial charge is 0.300 e. The molecule has 1 saturated heterocycles. The molecule has 1 heterocycles. The van der Waals surface area contributed by atoms with Crippen LogP contribution in [-0.2, 0) is 0 Å². The molecule has 118 valence electrons. The summed E-state index contributed by atoms with van der Waals surface area (Å²) < 4.78 is 0. The third-order valence-electron chi connectivity index (χ3n) is 6.29. The van der Waals surface area contributed by atoms with Crippen LogP contribution in [0.1, 0.15) is 86.0 Å². The quantitative estimate of drug-likeness (QED) is 0.660. The lowest BCUT2D eigenvalue weighted by atomic mass is 9.61. The lowest BCUT2D eigenvalue weighted by Crippen LogP contribution is -2.49. The van der Waals surface area contributed by atoms with Crippen LogP contribution in [0.3, 0.4) is 0 Å². The zero-order valence-electron chi connectivity index (χ0n) is 14.7. The molecule has 2 rings (SSSR count). The summed E-state index contributed by atoms with van der Waals surface area (Å²) in [5, 5.41) is 0. The minimum atomic E-state index is 0.519. The van der Waals surface area contributed by atoms with Gasteiger partial charge in [0.2, 0.25) is 0 Å². The average molecular weight is 280 g/mol. The van der Waals surface area contributed by atoms with Gasteiger partial charge in [-0.3, -0.25) is 0 Å². The molecule has 1 aliphatic carbocycles. The molecule has 20 heavy (non-hydrogen) atoms. The first-order valence-electron chi connectivity index (χ1n) is 9.10. The van der Waals surface area contributed by atoms with Gasteiger partial charge in [-0.25, -0.2) is 0 Å². The summed E-state index contributed by atoms with van der Waals surface area (Å²) in [6.07, 6.45) is 11.6. The van der Waals surface area contributed by atoms with Gasteiger partial charge < -0.3 is 4.90 Å². The van der Waals surface area contributed by atoms with Crippen molar-refractivity contribution in [3.63, 3.8) is 0 Å². The number of piperidine rings is 1. The van der Waals surface area contributed by atoms with Gasteiger partial charge in [-0.15, -0.1) is 0 Å². The van der Waals surface area contributed by atoms with Crippen LogP contribution >= 0.6 is 0 Å². The van der Waals surface area contributed by atoms with Crippen LogP contribution < -0.4 is 0 Å². The number of hydrogen-bond acceptors (Lipinski definition) is 1. The normalized spacial score (nSPS) is 34.4. The molecule has 1 atom stereocenters. The number of likely N-dealkylation sites (tertiary alicyclic amines) is 1. The summed E-state index contributed by atoms with van der Waals surface area (Å²) >= 11 is 0. The molecule has 2 aliphatic rings. The van der Waals surface area contributed by atoms with Gasteiger partial charge in [0.15, 0.2) is 0 Å². The van der Waals surface area contributed by atoms with E-state index in [-0.39, 0.29) is 0 Å². The highest BCUT2D eigenvalue weighted by Crippen LogP contribution is 2.49. The Morgan fingerprint density at radius 3 is 2.35 bits per heavy atom. The van der Waals surface area contributed by atoms with Gasteiger partial charge in [-0.1, -0.05) is 34.1 Å². The van der Waals surface area contributed by atoms with Crippen LogP contribution in [0.5, 0.6) is 0 Å². The van der Waals surface area contributed by atoms with Crippen LogP contribution in [-0.4, -0.2) is 24.0 Å². The van der Waals surface area contributed by atoms with Crippen LogP contribution in [0.25, 0.3) is 0 Å². The van der Waals surface area contributed by atoms with Crippen LogP contribution in [0.2, 0.25) is 0 Å².